The molecule has 3 nitrogen and oxygen atoms in total. The van der Waals surface area contributed by atoms with Crippen molar-refractivity contribution in [2.24, 2.45) is 5.73 Å². The van der Waals surface area contributed by atoms with Gasteiger partial charge in [-0.3, -0.25) is 4.79 Å². The summed E-state index contributed by atoms with van der Waals surface area (Å²) in [5, 5.41) is 9.52. The van der Waals surface area contributed by atoms with Crippen LogP contribution in [0.1, 0.15) is 22.3 Å². The molecule has 0 bridgehead atoms. The maximum Gasteiger partial charge on any atom is 0.168 e. The topological polar surface area (TPSA) is 63.3 Å². The number of hydrogen-bond acceptors (Lipinski definition) is 3. The highest BCUT2D eigenvalue weighted by Crippen LogP contribution is 2.31. The largest absolute Gasteiger partial charge is 0.504 e. The van der Waals surface area contributed by atoms with Crippen LogP contribution in [0.3, 0.4) is 0 Å². The number of halogens is 2. The Morgan fingerprint density at radius 1 is 1.67 bits per heavy atom. The van der Waals surface area contributed by atoms with Crippen molar-refractivity contribution in [3.8, 4) is 5.75 Å². The van der Waals surface area contributed by atoms with Gasteiger partial charge in [0, 0.05) is 11.4 Å². The molecule has 0 saturated carbocycles. The van der Waals surface area contributed by atoms with E-state index in [1.165, 1.54) is 0 Å². The zero-order valence-electron chi connectivity index (χ0n) is 8.18. The fraction of sp³-hybridized carbons (Fsp3) is 0.300. The van der Waals surface area contributed by atoms with Crippen molar-refractivity contribution in [2.45, 2.75) is 13.3 Å². The molecule has 0 aliphatic rings. The highest BCUT2D eigenvalue weighted by molar-refractivity contribution is 6.32. The van der Waals surface area contributed by atoms with Crippen LogP contribution in [-0.4, -0.2) is 17.4 Å². The Morgan fingerprint density at radius 3 is 2.80 bits per heavy atom. The Bertz CT molecular complexity index is 381. The molecule has 1 rings (SSSR count). The number of Topliss-reactive ketones (excluding diaryl/α,β-unsaturated/α-hetero) is 1. The van der Waals surface area contributed by atoms with Crippen LogP contribution in [0.5, 0.6) is 5.75 Å². The number of rotatable bonds is 3. The molecule has 0 heterocycles. The Kier molecular flexibility index (Phi) is 3.66. The lowest BCUT2D eigenvalue weighted by atomic mass is 10.0. The molecular formula is C10H11ClFNO2. The van der Waals surface area contributed by atoms with Gasteiger partial charge in [-0.2, -0.15) is 0 Å². The average Bonchev–Trinajstić information content (AvgIpc) is 2.16. The van der Waals surface area contributed by atoms with Gasteiger partial charge in [-0.05, 0) is 25.1 Å². The molecule has 0 amide bonds. The van der Waals surface area contributed by atoms with E-state index in [-0.39, 0.29) is 23.6 Å². The van der Waals surface area contributed by atoms with Crippen LogP contribution < -0.4 is 5.73 Å². The predicted molar refractivity (Wildman–Crippen MR) is 55.8 cm³/mol. The van der Waals surface area contributed by atoms with Crippen LogP contribution >= 0.6 is 11.6 Å². The fourth-order valence-electron chi connectivity index (χ4n) is 1.30. The zero-order valence-corrected chi connectivity index (χ0v) is 8.94. The number of carbonyl (C=O) groups excluding carboxylic acids is 1. The third-order valence-corrected chi connectivity index (χ3v) is 2.49. The molecule has 0 fully saturated rings. The number of ketones is 1. The van der Waals surface area contributed by atoms with E-state index >= 15 is 0 Å². The molecule has 1 aromatic rings. The lowest BCUT2D eigenvalue weighted by molar-refractivity contribution is 0.0981. The minimum absolute atomic E-state index is 0.0498. The monoisotopic (exact) mass is 231 g/mol. The first-order chi connectivity index (χ1) is 6.99. The van der Waals surface area contributed by atoms with Crippen LogP contribution in [-0.2, 0) is 0 Å². The summed E-state index contributed by atoms with van der Waals surface area (Å²) in [6, 6.07) is 0.978. The summed E-state index contributed by atoms with van der Waals surface area (Å²) < 4.78 is 13.1. The number of nitrogens with two attached hydrogens (primary N) is 1. The standard InChI is InChI=1S/C10H11ClFNO2/c1-5-6(11)4-7(12)10(15)9(5)8(14)2-3-13/h4,15H,2-3,13H2,1H3. The molecular weight excluding hydrogens is 221 g/mol. The third kappa shape index (κ3) is 2.27. The lowest BCUT2D eigenvalue weighted by Crippen LogP contribution is -2.10. The second-order valence-corrected chi connectivity index (χ2v) is 3.56. The minimum atomic E-state index is -0.897. The minimum Gasteiger partial charge on any atom is -0.504 e. The quantitative estimate of drug-likeness (QED) is 0.783. The number of phenolic OH excluding ortho intramolecular Hbond substituents is 1. The van der Waals surface area contributed by atoms with E-state index in [0.717, 1.165) is 6.07 Å². The second-order valence-electron chi connectivity index (χ2n) is 3.15. The number of benzene rings is 1. The highest BCUT2D eigenvalue weighted by atomic mass is 35.5. The Balaban J connectivity index is 3.32. The first kappa shape index (κ1) is 11.9. The van der Waals surface area contributed by atoms with Gasteiger partial charge < -0.3 is 10.8 Å². The Labute approximate surface area is 91.7 Å². The first-order valence-corrected chi connectivity index (χ1v) is 4.77. The van der Waals surface area contributed by atoms with Crippen molar-refractivity contribution in [1.29, 1.82) is 0 Å². The third-order valence-electron chi connectivity index (χ3n) is 2.10. The van der Waals surface area contributed by atoms with Crippen molar-refractivity contribution >= 4 is 17.4 Å². The van der Waals surface area contributed by atoms with Gasteiger partial charge in [0.2, 0.25) is 0 Å². The summed E-state index contributed by atoms with van der Waals surface area (Å²) in [7, 11) is 0. The van der Waals surface area contributed by atoms with Gasteiger partial charge in [0.1, 0.15) is 0 Å². The van der Waals surface area contributed by atoms with Gasteiger partial charge in [-0.15, -0.1) is 0 Å². The summed E-state index contributed by atoms with van der Waals surface area (Å²) in [6.45, 7) is 1.69. The van der Waals surface area contributed by atoms with Crippen LogP contribution in [0.15, 0.2) is 6.07 Å². The first-order valence-electron chi connectivity index (χ1n) is 4.39. The highest BCUT2D eigenvalue weighted by Gasteiger charge is 2.19. The van der Waals surface area contributed by atoms with Gasteiger partial charge in [0.25, 0.3) is 0 Å². The van der Waals surface area contributed by atoms with Crippen molar-refractivity contribution in [3.63, 3.8) is 0 Å². The van der Waals surface area contributed by atoms with E-state index in [9.17, 15) is 14.3 Å². The molecule has 0 aliphatic carbocycles. The molecule has 0 atom stereocenters. The molecule has 0 radical (unpaired) electrons. The number of hydrogen-bond donors (Lipinski definition) is 2. The van der Waals surface area contributed by atoms with Crippen molar-refractivity contribution in [1.82, 2.24) is 0 Å². The molecule has 3 N–H and O–H groups in total. The molecule has 0 unspecified atom stereocenters. The normalized spacial score (nSPS) is 10.4. The van der Waals surface area contributed by atoms with E-state index in [2.05, 4.69) is 0 Å². The molecule has 0 aliphatic heterocycles. The van der Waals surface area contributed by atoms with Gasteiger partial charge in [-0.25, -0.2) is 4.39 Å². The molecule has 0 spiro atoms. The predicted octanol–water partition coefficient (Wildman–Crippen LogP) is 2.02. The number of carbonyl (C=O) groups is 1. The van der Waals surface area contributed by atoms with Crippen molar-refractivity contribution < 1.29 is 14.3 Å². The van der Waals surface area contributed by atoms with Gasteiger partial charge in [-0.1, -0.05) is 11.6 Å². The van der Waals surface area contributed by atoms with Crippen LogP contribution in [0.25, 0.3) is 0 Å². The number of aromatic hydroxyl groups is 1. The lowest BCUT2D eigenvalue weighted by Gasteiger charge is -2.09. The van der Waals surface area contributed by atoms with Crippen LogP contribution in [0.4, 0.5) is 4.39 Å². The SMILES string of the molecule is Cc1c(Cl)cc(F)c(O)c1C(=O)CCN. The second kappa shape index (κ2) is 4.59. The molecule has 82 valence electrons. The fourth-order valence-corrected chi connectivity index (χ4v) is 1.49. The van der Waals surface area contributed by atoms with E-state index in [0.29, 0.717) is 5.56 Å². The van der Waals surface area contributed by atoms with E-state index in [4.69, 9.17) is 17.3 Å². The van der Waals surface area contributed by atoms with Gasteiger partial charge in [0.05, 0.1) is 5.56 Å². The molecule has 0 aromatic heterocycles. The van der Waals surface area contributed by atoms with Crippen LogP contribution in [0.2, 0.25) is 5.02 Å². The molecule has 0 saturated heterocycles. The maximum atomic E-state index is 13.1. The summed E-state index contributed by atoms with van der Waals surface area (Å²) in [6.07, 6.45) is 0.0498. The van der Waals surface area contributed by atoms with Crippen molar-refractivity contribution in [2.75, 3.05) is 6.54 Å². The zero-order chi connectivity index (χ0) is 11.6. The maximum absolute atomic E-state index is 13.1. The van der Waals surface area contributed by atoms with E-state index < -0.39 is 17.3 Å². The summed E-state index contributed by atoms with van der Waals surface area (Å²) in [4.78, 5) is 11.5. The van der Waals surface area contributed by atoms with Gasteiger partial charge >= 0.3 is 0 Å². The molecule has 1 aromatic carbocycles. The van der Waals surface area contributed by atoms with E-state index in [1.54, 1.807) is 6.92 Å². The smallest absolute Gasteiger partial charge is 0.168 e. The Morgan fingerprint density at radius 2 is 2.27 bits per heavy atom. The van der Waals surface area contributed by atoms with Crippen LogP contribution in [0, 0.1) is 12.7 Å². The average molecular weight is 232 g/mol. The molecule has 5 heteroatoms. The summed E-state index contributed by atoms with van der Waals surface area (Å²) in [5.41, 5.74) is 5.50. The van der Waals surface area contributed by atoms with Crippen molar-refractivity contribution in [3.05, 3.63) is 28.0 Å². The van der Waals surface area contributed by atoms with E-state index in [1.807, 2.05) is 0 Å². The van der Waals surface area contributed by atoms with Gasteiger partial charge in [0.15, 0.2) is 17.3 Å². The Hall–Kier alpha value is -1.13. The summed E-state index contributed by atoms with van der Waals surface area (Å²) >= 11 is 5.70. The number of phenols is 1. The molecule has 15 heavy (non-hydrogen) atoms. The summed E-state index contributed by atoms with van der Waals surface area (Å²) in [5.74, 6) is -1.96.